The molecule has 24 heavy (non-hydrogen) atoms. The number of hydrogen-bond acceptors (Lipinski definition) is 5. The van der Waals surface area contributed by atoms with Gasteiger partial charge in [-0.15, -0.1) is 0 Å². The summed E-state index contributed by atoms with van der Waals surface area (Å²) in [4.78, 5) is 14.1. The number of carbonyl (C=O) groups excluding carboxylic acids is 1. The van der Waals surface area contributed by atoms with E-state index in [1.54, 1.807) is 6.92 Å². The van der Waals surface area contributed by atoms with E-state index in [4.69, 9.17) is 4.74 Å². The molecule has 1 aliphatic rings. The molecule has 1 aliphatic heterocycles. The average Bonchev–Trinajstić information content (AvgIpc) is 2.87. The molecule has 1 aromatic carbocycles. The Morgan fingerprint density at radius 3 is 2.58 bits per heavy atom. The highest BCUT2D eigenvalue weighted by Gasteiger charge is 2.34. The summed E-state index contributed by atoms with van der Waals surface area (Å²) in [5.41, 5.74) is 0.222. The molecule has 0 spiro atoms. The highest BCUT2D eigenvalue weighted by molar-refractivity contribution is 7.91. The topological polar surface area (TPSA) is 72.9 Å². The summed E-state index contributed by atoms with van der Waals surface area (Å²) in [5.74, 6) is -0.532. The lowest BCUT2D eigenvalue weighted by molar-refractivity contribution is -0.0512. The van der Waals surface area contributed by atoms with Gasteiger partial charge in [-0.05, 0) is 31.5 Å². The Balaban J connectivity index is 2.24. The van der Waals surface area contributed by atoms with Crippen LogP contribution in [0.3, 0.4) is 0 Å². The van der Waals surface area contributed by atoms with Gasteiger partial charge < -0.3 is 14.4 Å². The predicted octanol–water partition coefficient (Wildman–Crippen LogP) is 1.95. The molecule has 0 bridgehead atoms. The lowest BCUT2D eigenvalue weighted by Gasteiger charge is -2.27. The molecule has 1 unspecified atom stereocenters. The van der Waals surface area contributed by atoms with Gasteiger partial charge in [-0.1, -0.05) is 0 Å². The van der Waals surface area contributed by atoms with E-state index in [-0.39, 0.29) is 40.5 Å². The molecule has 0 aromatic heterocycles. The third-order valence-electron chi connectivity index (χ3n) is 3.88. The fourth-order valence-corrected chi connectivity index (χ4v) is 4.48. The van der Waals surface area contributed by atoms with E-state index in [1.165, 1.54) is 30.2 Å². The maximum Gasteiger partial charge on any atom is 0.387 e. The summed E-state index contributed by atoms with van der Waals surface area (Å²) in [7, 11) is -1.84. The predicted molar refractivity (Wildman–Crippen MR) is 83.4 cm³/mol. The number of ether oxygens (including phenoxy) is 2. The van der Waals surface area contributed by atoms with Crippen LogP contribution >= 0.6 is 0 Å². The van der Waals surface area contributed by atoms with E-state index in [2.05, 4.69) is 4.74 Å². The maximum absolute atomic E-state index is 12.7. The number of hydrogen-bond donors (Lipinski definition) is 0. The molecule has 0 N–H and O–H groups in total. The Hall–Kier alpha value is -1.90. The summed E-state index contributed by atoms with van der Waals surface area (Å²) in [6, 6.07) is 3.52. The third-order valence-corrected chi connectivity index (χ3v) is 5.63. The van der Waals surface area contributed by atoms with Gasteiger partial charge >= 0.3 is 6.61 Å². The first kappa shape index (κ1) is 18.4. The first-order valence-electron chi connectivity index (χ1n) is 7.41. The molecular formula is C15H19F2NO5S. The molecule has 0 aliphatic carbocycles. The summed E-state index contributed by atoms with van der Waals surface area (Å²) in [6.45, 7) is -0.901. The molecule has 1 amide bonds. The van der Waals surface area contributed by atoms with Crippen LogP contribution in [0.5, 0.6) is 11.5 Å². The van der Waals surface area contributed by atoms with Crippen molar-refractivity contribution < 1.29 is 31.5 Å². The van der Waals surface area contributed by atoms with E-state index >= 15 is 0 Å². The zero-order valence-corrected chi connectivity index (χ0v) is 14.2. The standard InChI is InChI=1S/C15H19F2NO5S/c1-3-18(11-6-7-24(20,21)9-11)14(19)10-4-5-12(23-15(16)17)13(8-10)22-2/h4-5,8,11,15H,3,6-7,9H2,1-2H3. The van der Waals surface area contributed by atoms with Crippen LogP contribution in [-0.4, -0.2) is 57.0 Å². The van der Waals surface area contributed by atoms with Gasteiger partial charge in [0.05, 0.1) is 18.6 Å². The van der Waals surface area contributed by atoms with Crippen molar-refractivity contribution in [3.8, 4) is 11.5 Å². The van der Waals surface area contributed by atoms with Crippen LogP contribution in [0, 0.1) is 0 Å². The molecule has 0 saturated carbocycles. The lowest BCUT2D eigenvalue weighted by atomic mass is 10.1. The van der Waals surface area contributed by atoms with Crippen LogP contribution in [-0.2, 0) is 9.84 Å². The molecule has 2 rings (SSSR count). The van der Waals surface area contributed by atoms with E-state index in [9.17, 15) is 22.0 Å². The molecule has 0 radical (unpaired) electrons. The Kier molecular flexibility index (Phi) is 5.63. The molecular weight excluding hydrogens is 344 g/mol. The SMILES string of the molecule is CCN(C(=O)c1ccc(OC(F)F)c(OC)c1)C1CCS(=O)(=O)C1. The van der Waals surface area contributed by atoms with Crippen molar-refractivity contribution in [2.24, 2.45) is 0 Å². The fourth-order valence-electron chi connectivity index (χ4n) is 2.75. The van der Waals surface area contributed by atoms with E-state index in [1.807, 2.05) is 0 Å². The first-order valence-corrected chi connectivity index (χ1v) is 9.23. The highest BCUT2D eigenvalue weighted by Crippen LogP contribution is 2.30. The van der Waals surface area contributed by atoms with Gasteiger partial charge in [0, 0.05) is 18.2 Å². The van der Waals surface area contributed by atoms with Crippen molar-refractivity contribution in [1.82, 2.24) is 4.90 Å². The summed E-state index contributed by atoms with van der Waals surface area (Å²) >= 11 is 0. The molecule has 1 saturated heterocycles. The van der Waals surface area contributed by atoms with E-state index in [0.29, 0.717) is 13.0 Å². The van der Waals surface area contributed by atoms with Gasteiger partial charge in [0.1, 0.15) is 0 Å². The summed E-state index contributed by atoms with van der Waals surface area (Å²) < 4.78 is 57.2. The van der Waals surface area contributed by atoms with Crippen molar-refractivity contribution in [2.75, 3.05) is 25.2 Å². The number of sulfone groups is 1. The molecule has 9 heteroatoms. The number of amides is 1. The van der Waals surface area contributed by atoms with E-state index in [0.717, 1.165) is 0 Å². The second-order valence-corrected chi connectivity index (χ2v) is 7.62. The Morgan fingerprint density at radius 2 is 2.08 bits per heavy atom. The third kappa shape index (κ3) is 4.14. The quantitative estimate of drug-likeness (QED) is 0.772. The van der Waals surface area contributed by atoms with Gasteiger partial charge in [-0.2, -0.15) is 8.78 Å². The van der Waals surface area contributed by atoms with Crippen LogP contribution in [0.25, 0.3) is 0 Å². The van der Waals surface area contributed by atoms with E-state index < -0.39 is 16.4 Å². The number of nitrogens with zero attached hydrogens (tertiary/aromatic N) is 1. The summed E-state index contributed by atoms with van der Waals surface area (Å²) in [5, 5.41) is 0. The number of benzene rings is 1. The second kappa shape index (κ2) is 7.33. The van der Waals surface area contributed by atoms with Crippen LogP contribution in [0.4, 0.5) is 8.78 Å². The Labute approximate surface area is 139 Å². The van der Waals surface area contributed by atoms with Crippen molar-refractivity contribution >= 4 is 15.7 Å². The van der Waals surface area contributed by atoms with Gasteiger partial charge in [-0.3, -0.25) is 4.79 Å². The van der Waals surface area contributed by atoms with Crippen LogP contribution in [0.2, 0.25) is 0 Å². The van der Waals surface area contributed by atoms with Gasteiger partial charge in [-0.25, -0.2) is 8.42 Å². The van der Waals surface area contributed by atoms with Crippen molar-refractivity contribution in [2.45, 2.75) is 26.0 Å². The number of methoxy groups -OCH3 is 1. The van der Waals surface area contributed by atoms with Crippen LogP contribution in [0.1, 0.15) is 23.7 Å². The van der Waals surface area contributed by atoms with Gasteiger partial charge in [0.25, 0.3) is 5.91 Å². The van der Waals surface area contributed by atoms with Crippen LogP contribution < -0.4 is 9.47 Å². The molecule has 134 valence electrons. The first-order chi connectivity index (χ1) is 11.3. The van der Waals surface area contributed by atoms with Crippen LogP contribution in [0.15, 0.2) is 18.2 Å². The van der Waals surface area contributed by atoms with Crippen molar-refractivity contribution in [3.63, 3.8) is 0 Å². The number of rotatable bonds is 6. The fraction of sp³-hybridized carbons (Fsp3) is 0.533. The maximum atomic E-state index is 12.7. The average molecular weight is 363 g/mol. The molecule has 6 nitrogen and oxygen atoms in total. The smallest absolute Gasteiger partial charge is 0.387 e. The highest BCUT2D eigenvalue weighted by atomic mass is 32.2. The second-order valence-electron chi connectivity index (χ2n) is 5.39. The Bertz CT molecular complexity index is 708. The van der Waals surface area contributed by atoms with Crippen molar-refractivity contribution in [3.05, 3.63) is 23.8 Å². The number of halogens is 2. The van der Waals surface area contributed by atoms with Gasteiger partial charge in [0.2, 0.25) is 0 Å². The monoisotopic (exact) mass is 363 g/mol. The lowest BCUT2D eigenvalue weighted by Crippen LogP contribution is -2.40. The molecule has 1 atom stereocenters. The minimum absolute atomic E-state index is 0.0104. The normalized spacial score (nSPS) is 19.3. The minimum Gasteiger partial charge on any atom is -0.493 e. The number of carbonyl (C=O) groups is 1. The molecule has 1 fully saturated rings. The zero-order chi connectivity index (χ0) is 17.9. The number of alkyl halides is 2. The summed E-state index contributed by atoms with van der Waals surface area (Å²) in [6.07, 6.45) is 0.394. The molecule has 1 aromatic rings. The largest absolute Gasteiger partial charge is 0.493 e. The zero-order valence-electron chi connectivity index (χ0n) is 13.4. The minimum atomic E-state index is -3.12. The van der Waals surface area contributed by atoms with Gasteiger partial charge in [0.15, 0.2) is 21.3 Å². The molecule has 1 heterocycles. The Morgan fingerprint density at radius 1 is 1.38 bits per heavy atom. The van der Waals surface area contributed by atoms with Crippen molar-refractivity contribution in [1.29, 1.82) is 0 Å².